The average Bonchev–Trinajstić information content (AvgIpc) is 2.27. The monoisotopic (exact) mass is 203 g/mol. The number of aromatic nitrogens is 1. The Morgan fingerprint density at radius 3 is 2.80 bits per heavy atom. The van der Waals surface area contributed by atoms with Gasteiger partial charge in [-0.3, -0.25) is 0 Å². The normalized spacial score (nSPS) is 10.2. The van der Waals surface area contributed by atoms with Crippen molar-refractivity contribution in [2.24, 2.45) is 0 Å². The van der Waals surface area contributed by atoms with Gasteiger partial charge in [-0.05, 0) is 24.3 Å². The molecule has 0 aliphatic carbocycles. The summed E-state index contributed by atoms with van der Waals surface area (Å²) in [7, 11) is 1.58. The molecule has 0 aliphatic heterocycles. The van der Waals surface area contributed by atoms with E-state index in [0.29, 0.717) is 5.52 Å². The number of benzene rings is 1. The van der Waals surface area contributed by atoms with E-state index in [1.54, 1.807) is 25.3 Å². The van der Waals surface area contributed by atoms with E-state index in [1.807, 2.05) is 6.07 Å². The minimum atomic E-state index is -1.02. The summed E-state index contributed by atoms with van der Waals surface area (Å²) in [4.78, 5) is 14.7. The smallest absolute Gasteiger partial charge is 0.354 e. The molecule has 15 heavy (non-hydrogen) atoms. The third kappa shape index (κ3) is 1.74. The lowest BCUT2D eigenvalue weighted by Gasteiger charge is -2.02. The van der Waals surface area contributed by atoms with Gasteiger partial charge >= 0.3 is 5.97 Å². The molecule has 1 aromatic heterocycles. The molecule has 0 saturated heterocycles. The standard InChI is InChI=1S/C11H9NO3/c1-15-8-3-5-9-7(6-8)2-4-10(12-9)11(13)14/h2-6H,1H3,(H,13,14). The van der Waals surface area contributed by atoms with Crippen LogP contribution in [0.25, 0.3) is 10.9 Å². The van der Waals surface area contributed by atoms with Crippen molar-refractivity contribution in [3.05, 3.63) is 36.0 Å². The van der Waals surface area contributed by atoms with E-state index >= 15 is 0 Å². The van der Waals surface area contributed by atoms with Gasteiger partial charge in [-0.25, -0.2) is 9.78 Å². The molecular weight excluding hydrogens is 194 g/mol. The summed E-state index contributed by atoms with van der Waals surface area (Å²) >= 11 is 0. The van der Waals surface area contributed by atoms with Crippen molar-refractivity contribution < 1.29 is 14.6 Å². The predicted octanol–water partition coefficient (Wildman–Crippen LogP) is 1.94. The molecule has 0 fully saturated rings. The molecule has 4 nitrogen and oxygen atoms in total. The maximum Gasteiger partial charge on any atom is 0.354 e. The van der Waals surface area contributed by atoms with Crippen LogP contribution in [0.3, 0.4) is 0 Å². The van der Waals surface area contributed by atoms with E-state index in [0.717, 1.165) is 11.1 Å². The fraction of sp³-hybridized carbons (Fsp3) is 0.0909. The maximum absolute atomic E-state index is 10.7. The van der Waals surface area contributed by atoms with Crippen LogP contribution >= 0.6 is 0 Å². The molecule has 1 heterocycles. The zero-order valence-electron chi connectivity index (χ0n) is 8.10. The molecule has 0 saturated carbocycles. The van der Waals surface area contributed by atoms with Gasteiger partial charge < -0.3 is 9.84 Å². The van der Waals surface area contributed by atoms with Crippen LogP contribution < -0.4 is 4.74 Å². The number of nitrogens with zero attached hydrogens (tertiary/aromatic N) is 1. The summed E-state index contributed by atoms with van der Waals surface area (Å²) in [5.41, 5.74) is 0.698. The van der Waals surface area contributed by atoms with Gasteiger partial charge in [-0.15, -0.1) is 0 Å². The van der Waals surface area contributed by atoms with E-state index in [-0.39, 0.29) is 5.69 Å². The molecule has 0 amide bonds. The van der Waals surface area contributed by atoms with Gasteiger partial charge in [0.15, 0.2) is 0 Å². The third-order valence-electron chi connectivity index (χ3n) is 2.12. The summed E-state index contributed by atoms with van der Waals surface area (Å²) in [5, 5.41) is 9.62. The van der Waals surface area contributed by atoms with Gasteiger partial charge in [0.05, 0.1) is 12.6 Å². The van der Waals surface area contributed by atoms with E-state index in [4.69, 9.17) is 9.84 Å². The fourth-order valence-corrected chi connectivity index (χ4v) is 1.35. The molecule has 0 radical (unpaired) electrons. The summed E-state index contributed by atoms with van der Waals surface area (Å²) < 4.78 is 5.06. The van der Waals surface area contributed by atoms with Crippen LogP contribution in [-0.4, -0.2) is 23.2 Å². The zero-order chi connectivity index (χ0) is 10.8. The van der Waals surface area contributed by atoms with Gasteiger partial charge in [0.1, 0.15) is 11.4 Å². The Kier molecular flexibility index (Phi) is 2.25. The summed E-state index contributed by atoms with van der Waals surface area (Å²) in [6, 6.07) is 8.49. The lowest BCUT2D eigenvalue weighted by atomic mass is 10.2. The molecule has 1 aromatic carbocycles. The van der Waals surface area contributed by atoms with E-state index in [2.05, 4.69) is 4.98 Å². The molecule has 0 atom stereocenters. The van der Waals surface area contributed by atoms with Crippen molar-refractivity contribution >= 4 is 16.9 Å². The van der Waals surface area contributed by atoms with Gasteiger partial charge in [-0.1, -0.05) is 6.07 Å². The van der Waals surface area contributed by atoms with Crippen molar-refractivity contribution in [2.75, 3.05) is 7.11 Å². The molecule has 2 rings (SSSR count). The van der Waals surface area contributed by atoms with Crippen LogP contribution in [0.15, 0.2) is 30.3 Å². The minimum absolute atomic E-state index is 0.0488. The molecular formula is C11H9NO3. The lowest BCUT2D eigenvalue weighted by molar-refractivity contribution is 0.0691. The highest BCUT2D eigenvalue weighted by Gasteiger charge is 2.05. The van der Waals surface area contributed by atoms with Crippen LogP contribution in [0.5, 0.6) is 5.75 Å². The Morgan fingerprint density at radius 1 is 1.33 bits per heavy atom. The average molecular weight is 203 g/mol. The van der Waals surface area contributed by atoms with E-state index in [1.165, 1.54) is 6.07 Å². The highest BCUT2D eigenvalue weighted by molar-refractivity contribution is 5.90. The molecule has 0 spiro atoms. The second kappa shape index (κ2) is 3.57. The Bertz CT molecular complexity index is 522. The van der Waals surface area contributed by atoms with Gasteiger partial charge in [0.25, 0.3) is 0 Å². The number of carboxylic acid groups (broad SMARTS) is 1. The molecule has 76 valence electrons. The number of ether oxygens (including phenoxy) is 1. The molecule has 0 aliphatic rings. The van der Waals surface area contributed by atoms with Gasteiger partial charge in [0, 0.05) is 5.39 Å². The summed E-state index contributed by atoms with van der Waals surface area (Å²) in [5.74, 6) is -0.292. The second-order valence-corrected chi connectivity index (χ2v) is 3.06. The highest BCUT2D eigenvalue weighted by atomic mass is 16.5. The molecule has 2 aromatic rings. The molecule has 0 bridgehead atoms. The SMILES string of the molecule is COc1ccc2nc(C(=O)O)ccc2c1. The van der Waals surface area contributed by atoms with E-state index < -0.39 is 5.97 Å². The molecule has 0 unspecified atom stereocenters. The van der Waals surface area contributed by atoms with Crippen LogP contribution in [0.2, 0.25) is 0 Å². The highest BCUT2D eigenvalue weighted by Crippen LogP contribution is 2.19. The quantitative estimate of drug-likeness (QED) is 0.810. The lowest BCUT2D eigenvalue weighted by Crippen LogP contribution is -1.99. The number of rotatable bonds is 2. The fourth-order valence-electron chi connectivity index (χ4n) is 1.35. The predicted molar refractivity (Wildman–Crippen MR) is 55.3 cm³/mol. The van der Waals surface area contributed by atoms with Crippen molar-refractivity contribution in [1.29, 1.82) is 0 Å². The number of hydrogen-bond donors (Lipinski definition) is 1. The summed E-state index contributed by atoms with van der Waals surface area (Å²) in [6.07, 6.45) is 0. The number of methoxy groups -OCH3 is 1. The number of carbonyl (C=O) groups is 1. The van der Waals surface area contributed by atoms with Gasteiger partial charge in [-0.2, -0.15) is 0 Å². The Labute approximate surface area is 86.1 Å². The third-order valence-corrected chi connectivity index (χ3v) is 2.12. The first-order valence-electron chi connectivity index (χ1n) is 4.39. The number of aromatic carboxylic acids is 1. The van der Waals surface area contributed by atoms with E-state index in [9.17, 15) is 4.79 Å². The summed E-state index contributed by atoms with van der Waals surface area (Å²) in [6.45, 7) is 0. The van der Waals surface area contributed by atoms with Crippen LogP contribution in [0.1, 0.15) is 10.5 Å². The van der Waals surface area contributed by atoms with Crippen LogP contribution in [0, 0.1) is 0 Å². The van der Waals surface area contributed by atoms with Crippen molar-refractivity contribution in [3.8, 4) is 5.75 Å². The Morgan fingerprint density at radius 2 is 2.13 bits per heavy atom. The van der Waals surface area contributed by atoms with Crippen LogP contribution in [-0.2, 0) is 0 Å². The number of fused-ring (bicyclic) bond motifs is 1. The Hall–Kier alpha value is -2.10. The first kappa shape index (κ1) is 9.45. The molecule has 4 heteroatoms. The van der Waals surface area contributed by atoms with Crippen molar-refractivity contribution in [1.82, 2.24) is 4.98 Å². The number of hydrogen-bond acceptors (Lipinski definition) is 3. The minimum Gasteiger partial charge on any atom is -0.497 e. The van der Waals surface area contributed by atoms with Crippen molar-refractivity contribution in [3.63, 3.8) is 0 Å². The Balaban J connectivity index is 2.59. The zero-order valence-corrected chi connectivity index (χ0v) is 8.10. The number of carboxylic acids is 1. The second-order valence-electron chi connectivity index (χ2n) is 3.06. The van der Waals surface area contributed by atoms with Crippen LogP contribution in [0.4, 0.5) is 0 Å². The first-order chi connectivity index (χ1) is 7.20. The topological polar surface area (TPSA) is 59.4 Å². The first-order valence-corrected chi connectivity index (χ1v) is 4.39. The largest absolute Gasteiger partial charge is 0.497 e. The molecule has 1 N–H and O–H groups in total. The van der Waals surface area contributed by atoms with Gasteiger partial charge in [0.2, 0.25) is 0 Å². The number of pyridine rings is 1. The van der Waals surface area contributed by atoms with Crippen molar-refractivity contribution in [2.45, 2.75) is 0 Å². The maximum atomic E-state index is 10.7.